The predicted molar refractivity (Wildman–Crippen MR) is 57.6 cm³/mol. The van der Waals surface area contributed by atoms with Gasteiger partial charge in [-0.2, -0.15) is 0 Å². The fraction of sp³-hybridized carbons (Fsp3) is 0.500. The number of rotatable bonds is 3. The van der Waals surface area contributed by atoms with Crippen molar-refractivity contribution in [3.63, 3.8) is 0 Å². The van der Waals surface area contributed by atoms with Gasteiger partial charge in [0.1, 0.15) is 5.82 Å². The lowest BCUT2D eigenvalue weighted by Gasteiger charge is -2.19. The maximum absolute atomic E-state index is 5.89. The van der Waals surface area contributed by atoms with Gasteiger partial charge in [0.15, 0.2) is 0 Å². The van der Waals surface area contributed by atoms with Crippen molar-refractivity contribution in [2.45, 2.75) is 19.2 Å². The number of alkyl halides is 1. The number of nitrogens with zero attached hydrogens (tertiary/aromatic N) is 2. The first kappa shape index (κ1) is 10.3. The van der Waals surface area contributed by atoms with E-state index in [4.69, 9.17) is 11.6 Å². The molecule has 0 fully saturated rings. The van der Waals surface area contributed by atoms with Gasteiger partial charge in [-0.1, -0.05) is 6.07 Å². The lowest BCUT2D eigenvalue weighted by Crippen LogP contribution is -2.25. The first-order valence-corrected chi connectivity index (χ1v) is 4.82. The van der Waals surface area contributed by atoms with E-state index in [1.165, 1.54) is 0 Å². The van der Waals surface area contributed by atoms with Gasteiger partial charge in [-0.3, -0.25) is 0 Å². The van der Waals surface area contributed by atoms with Gasteiger partial charge >= 0.3 is 0 Å². The molecule has 3 heteroatoms. The molecule has 1 unspecified atom stereocenters. The maximum atomic E-state index is 5.89. The summed E-state index contributed by atoms with van der Waals surface area (Å²) >= 11 is 5.89. The molecule has 0 saturated carbocycles. The van der Waals surface area contributed by atoms with Gasteiger partial charge in [0, 0.05) is 24.7 Å². The third-order valence-electron chi connectivity index (χ3n) is 1.79. The summed E-state index contributed by atoms with van der Waals surface area (Å²) in [7, 11) is 2.00. The number of pyridine rings is 1. The Labute approximate surface area is 84.5 Å². The molecule has 0 aromatic carbocycles. The van der Waals surface area contributed by atoms with Crippen molar-refractivity contribution in [2.24, 2.45) is 0 Å². The SMILES string of the molecule is Cc1cccc(N(C)CC(C)Cl)n1. The molecule has 0 aliphatic heterocycles. The van der Waals surface area contributed by atoms with E-state index in [0.29, 0.717) is 0 Å². The molecule has 0 aliphatic carbocycles. The highest BCUT2D eigenvalue weighted by Crippen LogP contribution is 2.10. The fourth-order valence-corrected chi connectivity index (χ4v) is 1.42. The second-order valence-corrected chi connectivity index (χ2v) is 4.04. The Balaban J connectivity index is 2.71. The van der Waals surface area contributed by atoms with Crippen molar-refractivity contribution < 1.29 is 0 Å². The van der Waals surface area contributed by atoms with Crippen LogP contribution in [0.15, 0.2) is 18.2 Å². The van der Waals surface area contributed by atoms with Crippen LogP contribution in [0.5, 0.6) is 0 Å². The van der Waals surface area contributed by atoms with E-state index >= 15 is 0 Å². The normalized spacial score (nSPS) is 12.6. The standard InChI is InChI=1S/C10H15ClN2/c1-8(11)7-13(3)10-6-4-5-9(2)12-10/h4-6,8H,7H2,1-3H3. The van der Waals surface area contributed by atoms with Crippen LogP contribution in [0.1, 0.15) is 12.6 Å². The molecule has 72 valence electrons. The highest BCUT2D eigenvalue weighted by Gasteiger charge is 2.04. The average Bonchev–Trinajstić information content (AvgIpc) is 2.03. The maximum Gasteiger partial charge on any atom is 0.128 e. The van der Waals surface area contributed by atoms with Crippen molar-refractivity contribution in [3.8, 4) is 0 Å². The van der Waals surface area contributed by atoms with Gasteiger partial charge in [-0.05, 0) is 26.0 Å². The molecule has 2 nitrogen and oxygen atoms in total. The van der Waals surface area contributed by atoms with E-state index in [-0.39, 0.29) is 5.38 Å². The van der Waals surface area contributed by atoms with E-state index in [9.17, 15) is 0 Å². The molecule has 0 aliphatic rings. The second-order valence-electron chi connectivity index (χ2n) is 3.30. The van der Waals surface area contributed by atoms with Crippen LogP contribution in [0.2, 0.25) is 0 Å². The third kappa shape index (κ3) is 3.23. The van der Waals surface area contributed by atoms with Gasteiger partial charge in [0.2, 0.25) is 0 Å². The Morgan fingerprint density at radius 1 is 1.54 bits per heavy atom. The minimum Gasteiger partial charge on any atom is -0.358 e. The van der Waals surface area contributed by atoms with Gasteiger partial charge < -0.3 is 4.90 Å². The van der Waals surface area contributed by atoms with Crippen molar-refractivity contribution >= 4 is 17.4 Å². The summed E-state index contributed by atoms with van der Waals surface area (Å²) in [5.41, 5.74) is 1.03. The van der Waals surface area contributed by atoms with Crippen LogP contribution in [0, 0.1) is 6.92 Å². The third-order valence-corrected chi connectivity index (χ3v) is 1.93. The summed E-state index contributed by atoms with van der Waals surface area (Å²) in [6.07, 6.45) is 0. The van der Waals surface area contributed by atoms with Crippen LogP contribution in [-0.2, 0) is 0 Å². The topological polar surface area (TPSA) is 16.1 Å². The van der Waals surface area contributed by atoms with Crippen LogP contribution < -0.4 is 4.90 Å². The zero-order chi connectivity index (χ0) is 9.84. The zero-order valence-corrected chi connectivity index (χ0v) is 9.04. The Hall–Kier alpha value is -0.760. The summed E-state index contributed by atoms with van der Waals surface area (Å²) in [6.45, 7) is 4.79. The molecular formula is C10H15ClN2. The molecule has 0 N–H and O–H groups in total. The van der Waals surface area contributed by atoms with Gasteiger partial charge in [0.25, 0.3) is 0 Å². The summed E-state index contributed by atoms with van der Waals surface area (Å²) in [5, 5.41) is 0.146. The van der Waals surface area contributed by atoms with Crippen LogP contribution in [0.3, 0.4) is 0 Å². The van der Waals surface area contributed by atoms with Gasteiger partial charge in [-0.15, -0.1) is 11.6 Å². The first-order chi connectivity index (χ1) is 6.09. The van der Waals surface area contributed by atoms with Crippen LogP contribution in [0.4, 0.5) is 5.82 Å². The Kier molecular flexibility index (Phi) is 3.55. The molecule has 1 heterocycles. The van der Waals surface area contributed by atoms with Crippen molar-refractivity contribution in [1.82, 2.24) is 4.98 Å². The van der Waals surface area contributed by atoms with E-state index in [1.807, 2.05) is 39.1 Å². The molecule has 13 heavy (non-hydrogen) atoms. The summed E-state index contributed by atoms with van der Waals surface area (Å²) in [5.74, 6) is 0.979. The van der Waals surface area contributed by atoms with E-state index in [1.54, 1.807) is 0 Å². The van der Waals surface area contributed by atoms with E-state index in [2.05, 4.69) is 9.88 Å². The summed E-state index contributed by atoms with van der Waals surface area (Å²) in [6, 6.07) is 5.99. The molecule has 0 bridgehead atoms. The Bertz CT molecular complexity index is 273. The zero-order valence-electron chi connectivity index (χ0n) is 8.29. The quantitative estimate of drug-likeness (QED) is 0.694. The van der Waals surface area contributed by atoms with Gasteiger partial charge in [-0.25, -0.2) is 4.98 Å². The number of halogens is 1. The second kappa shape index (κ2) is 4.47. The van der Waals surface area contributed by atoms with Gasteiger partial charge in [0.05, 0.1) is 0 Å². The average molecular weight is 199 g/mol. The molecule has 0 radical (unpaired) electrons. The molecule has 1 atom stereocenters. The highest BCUT2D eigenvalue weighted by atomic mass is 35.5. The van der Waals surface area contributed by atoms with Crippen LogP contribution in [0.25, 0.3) is 0 Å². The first-order valence-electron chi connectivity index (χ1n) is 4.38. The number of aryl methyl sites for hydroxylation is 1. The van der Waals surface area contributed by atoms with E-state index < -0.39 is 0 Å². The molecule has 1 rings (SSSR count). The molecule has 0 spiro atoms. The number of hydrogen-bond acceptors (Lipinski definition) is 2. The van der Waals surface area contributed by atoms with Crippen molar-refractivity contribution in [3.05, 3.63) is 23.9 Å². The van der Waals surface area contributed by atoms with Crippen LogP contribution >= 0.6 is 11.6 Å². The summed E-state index contributed by atoms with van der Waals surface area (Å²) in [4.78, 5) is 6.45. The number of anilines is 1. The Morgan fingerprint density at radius 2 is 2.23 bits per heavy atom. The largest absolute Gasteiger partial charge is 0.358 e. The molecule has 1 aromatic heterocycles. The molecule has 1 aromatic rings. The minimum atomic E-state index is 0.146. The molecular weight excluding hydrogens is 184 g/mol. The Morgan fingerprint density at radius 3 is 2.77 bits per heavy atom. The van der Waals surface area contributed by atoms with E-state index in [0.717, 1.165) is 18.1 Å². The lowest BCUT2D eigenvalue weighted by atomic mass is 10.3. The highest BCUT2D eigenvalue weighted by molar-refractivity contribution is 6.20. The van der Waals surface area contributed by atoms with Crippen molar-refractivity contribution in [2.75, 3.05) is 18.5 Å². The number of hydrogen-bond donors (Lipinski definition) is 0. The fourth-order valence-electron chi connectivity index (χ4n) is 1.21. The number of aromatic nitrogens is 1. The smallest absolute Gasteiger partial charge is 0.128 e. The minimum absolute atomic E-state index is 0.146. The van der Waals surface area contributed by atoms with Crippen molar-refractivity contribution in [1.29, 1.82) is 0 Å². The molecule has 0 amide bonds. The summed E-state index contributed by atoms with van der Waals surface area (Å²) < 4.78 is 0. The predicted octanol–water partition coefficient (Wildman–Crippen LogP) is 2.45. The monoisotopic (exact) mass is 198 g/mol. The lowest BCUT2D eigenvalue weighted by molar-refractivity contribution is 0.841. The van der Waals surface area contributed by atoms with Crippen LogP contribution in [-0.4, -0.2) is 24.0 Å². The molecule has 0 saturated heterocycles.